The molecule has 0 saturated heterocycles. The second kappa shape index (κ2) is 4.55. The fraction of sp³-hybridized carbons (Fsp3) is 0.250. The molecular weight excluding hydrogens is 206 g/mol. The van der Waals surface area contributed by atoms with Crippen molar-refractivity contribution < 1.29 is 4.79 Å². The Morgan fingerprint density at radius 1 is 1.40 bits per heavy atom. The fourth-order valence-corrected chi connectivity index (χ4v) is 2.45. The van der Waals surface area contributed by atoms with Crippen LogP contribution in [0.15, 0.2) is 30.3 Å². The first-order valence-corrected chi connectivity index (χ1v) is 5.85. The lowest BCUT2D eigenvalue weighted by atomic mass is 10.2. The number of fused-ring (bicyclic) bond motifs is 1. The van der Waals surface area contributed by atoms with Crippen LogP contribution in [0.3, 0.4) is 0 Å². The standard InChI is InChI=1S/C12H13NOS/c1-2-13-8-10(14)12-7-9-5-3-4-6-11(9)15-12/h3-7,13H,2,8H2,1H3. The van der Waals surface area contributed by atoms with Gasteiger partial charge in [-0.05, 0) is 24.1 Å². The molecule has 78 valence electrons. The SMILES string of the molecule is CCNCC(=O)c1cc2ccccc2s1. The molecule has 1 aromatic carbocycles. The number of nitrogens with one attached hydrogen (secondary N) is 1. The maximum atomic E-state index is 11.7. The average Bonchev–Trinajstić information content (AvgIpc) is 2.69. The maximum Gasteiger partial charge on any atom is 0.186 e. The molecule has 0 aliphatic carbocycles. The zero-order chi connectivity index (χ0) is 10.7. The molecular formula is C12H13NOS. The van der Waals surface area contributed by atoms with E-state index in [4.69, 9.17) is 0 Å². The Labute approximate surface area is 92.9 Å². The first kappa shape index (κ1) is 10.3. The van der Waals surface area contributed by atoms with Gasteiger partial charge in [-0.2, -0.15) is 0 Å². The van der Waals surface area contributed by atoms with Crippen LogP contribution >= 0.6 is 11.3 Å². The highest BCUT2D eigenvalue weighted by Crippen LogP contribution is 2.25. The van der Waals surface area contributed by atoms with Crippen LogP contribution < -0.4 is 5.32 Å². The minimum atomic E-state index is 0.179. The first-order valence-electron chi connectivity index (χ1n) is 5.03. The summed E-state index contributed by atoms with van der Waals surface area (Å²) in [7, 11) is 0. The smallest absolute Gasteiger partial charge is 0.186 e. The predicted molar refractivity (Wildman–Crippen MR) is 64.7 cm³/mol. The summed E-state index contributed by atoms with van der Waals surface area (Å²) < 4.78 is 1.18. The third kappa shape index (κ3) is 2.25. The Hall–Kier alpha value is -1.19. The number of ketones is 1. The number of carbonyl (C=O) groups excluding carboxylic acids is 1. The number of Topliss-reactive ketones (excluding diaryl/α,β-unsaturated/α-hetero) is 1. The Kier molecular flexibility index (Phi) is 3.14. The number of rotatable bonds is 4. The van der Waals surface area contributed by atoms with Gasteiger partial charge in [-0.15, -0.1) is 11.3 Å². The number of hydrogen-bond acceptors (Lipinski definition) is 3. The minimum Gasteiger partial charge on any atom is -0.310 e. The van der Waals surface area contributed by atoms with Crippen molar-refractivity contribution >= 4 is 27.2 Å². The van der Waals surface area contributed by atoms with E-state index in [1.807, 2.05) is 37.3 Å². The molecule has 3 heteroatoms. The zero-order valence-corrected chi connectivity index (χ0v) is 9.43. The molecule has 0 unspecified atom stereocenters. The molecule has 2 rings (SSSR count). The number of likely N-dealkylation sites (N-methyl/N-ethyl adjacent to an activating group) is 1. The molecule has 15 heavy (non-hydrogen) atoms. The summed E-state index contributed by atoms with van der Waals surface area (Å²) in [5.41, 5.74) is 0. The van der Waals surface area contributed by atoms with E-state index in [1.54, 1.807) is 11.3 Å². The second-order valence-electron chi connectivity index (χ2n) is 3.35. The van der Waals surface area contributed by atoms with E-state index in [0.717, 1.165) is 16.8 Å². The summed E-state index contributed by atoms with van der Waals surface area (Å²) >= 11 is 1.57. The lowest BCUT2D eigenvalue weighted by Crippen LogP contribution is -2.21. The molecule has 1 N–H and O–H groups in total. The van der Waals surface area contributed by atoms with Gasteiger partial charge in [0, 0.05) is 4.70 Å². The van der Waals surface area contributed by atoms with Gasteiger partial charge in [0.1, 0.15) is 0 Å². The highest BCUT2D eigenvalue weighted by Gasteiger charge is 2.08. The minimum absolute atomic E-state index is 0.179. The van der Waals surface area contributed by atoms with Crippen LogP contribution in [-0.4, -0.2) is 18.9 Å². The molecule has 0 saturated carbocycles. The van der Waals surface area contributed by atoms with Crippen molar-refractivity contribution in [2.24, 2.45) is 0 Å². The zero-order valence-electron chi connectivity index (χ0n) is 8.62. The summed E-state index contributed by atoms with van der Waals surface area (Å²) in [4.78, 5) is 12.6. The monoisotopic (exact) mass is 219 g/mol. The Balaban J connectivity index is 2.25. The third-order valence-corrected chi connectivity index (χ3v) is 3.39. The number of hydrogen-bond donors (Lipinski definition) is 1. The molecule has 0 amide bonds. The Morgan fingerprint density at radius 3 is 2.93 bits per heavy atom. The van der Waals surface area contributed by atoms with Gasteiger partial charge in [-0.1, -0.05) is 25.1 Å². The van der Waals surface area contributed by atoms with Gasteiger partial charge in [0.05, 0.1) is 11.4 Å². The van der Waals surface area contributed by atoms with Crippen LogP contribution in [0.4, 0.5) is 0 Å². The van der Waals surface area contributed by atoms with E-state index in [2.05, 4.69) is 5.32 Å². The summed E-state index contributed by atoms with van der Waals surface area (Å²) in [5, 5.41) is 4.20. The van der Waals surface area contributed by atoms with E-state index in [9.17, 15) is 4.79 Å². The van der Waals surface area contributed by atoms with Crippen molar-refractivity contribution in [3.63, 3.8) is 0 Å². The van der Waals surface area contributed by atoms with Gasteiger partial charge in [0.15, 0.2) is 5.78 Å². The third-order valence-electron chi connectivity index (χ3n) is 2.24. The van der Waals surface area contributed by atoms with Crippen LogP contribution in [0, 0.1) is 0 Å². The van der Waals surface area contributed by atoms with Gasteiger partial charge in [0.25, 0.3) is 0 Å². The van der Waals surface area contributed by atoms with Crippen LogP contribution in [0.5, 0.6) is 0 Å². The van der Waals surface area contributed by atoms with Crippen molar-refractivity contribution in [3.05, 3.63) is 35.2 Å². The molecule has 0 radical (unpaired) electrons. The van der Waals surface area contributed by atoms with Gasteiger partial charge in [-0.3, -0.25) is 4.79 Å². The van der Waals surface area contributed by atoms with E-state index >= 15 is 0 Å². The molecule has 0 aliphatic rings. The van der Waals surface area contributed by atoms with Crippen molar-refractivity contribution in [2.75, 3.05) is 13.1 Å². The van der Waals surface area contributed by atoms with E-state index in [-0.39, 0.29) is 5.78 Å². The summed E-state index contributed by atoms with van der Waals surface area (Å²) in [5.74, 6) is 0.179. The normalized spacial score (nSPS) is 10.7. The second-order valence-corrected chi connectivity index (χ2v) is 4.44. The molecule has 1 heterocycles. The Bertz CT molecular complexity index is 442. The van der Waals surface area contributed by atoms with Gasteiger partial charge in [0.2, 0.25) is 0 Å². The predicted octanol–water partition coefficient (Wildman–Crippen LogP) is 2.69. The summed E-state index contributed by atoms with van der Waals surface area (Å²) in [6.07, 6.45) is 0. The molecule has 1 aromatic heterocycles. The molecule has 0 atom stereocenters. The Morgan fingerprint density at radius 2 is 2.20 bits per heavy atom. The van der Waals surface area contributed by atoms with Gasteiger partial charge >= 0.3 is 0 Å². The lowest BCUT2D eigenvalue weighted by Gasteiger charge is -1.96. The largest absolute Gasteiger partial charge is 0.310 e. The topological polar surface area (TPSA) is 29.1 Å². The molecule has 0 aliphatic heterocycles. The summed E-state index contributed by atoms with van der Waals surface area (Å²) in [6.45, 7) is 3.26. The quantitative estimate of drug-likeness (QED) is 0.801. The summed E-state index contributed by atoms with van der Waals surface area (Å²) in [6, 6.07) is 10.0. The maximum absolute atomic E-state index is 11.7. The fourth-order valence-electron chi connectivity index (χ4n) is 1.44. The van der Waals surface area contributed by atoms with Crippen molar-refractivity contribution in [2.45, 2.75) is 6.92 Å². The van der Waals surface area contributed by atoms with Crippen LogP contribution in [-0.2, 0) is 0 Å². The van der Waals surface area contributed by atoms with Crippen LogP contribution in [0.2, 0.25) is 0 Å². The van der Waals surface area contributed by atoms with E-state index in [1.165, 1.54) is 4.70 Å². The average molecular weight is 219 g/mol. The first-order chi connectivity index (χ1) is 7.31. The molecule has 0 fully saturated rings. The number of carbonyl (C=O) groups is 1. The highest BCUT2D eigenvalue weighted by atomic mass is 32.1. The van der Waals surface area contributed by atoms with Crippen LogP contribution in [0.25, 0.3) is 10.1 Å². The lowest BCUT2D eigenvalue weighted by molar-refractivity contribution is 0.0995. The van der Waals surface area contributed by atoms with Crippen LogP contribution in [0.1, 0.15) is 16.6 Å². The molecule has 0 spiro atoms. The molecule has 0 bridgehead atoms. The molecule has 2 aromatic rings. The van der Waals surface area contributed by atoms with Crippen molar-refractivity contribution in [1.82, 2.24) is 5.32 Å². The molecule has 2 nitrogen and oxygen atoms in total. The number of thiophene rings is 1. The van der Waals surface area contributed by atoms with Crippen molar-refractivity contribution in [3.8, 4) is 0 Å². The van der Waals surface area contributed by atoms with Gasteiger partial charge in [-0.25, -0.2) is 0 Å². The van der Waals surface area contributed by atoms with Gasteiger partial charge < -0.3 is 5.32 Å². The number of benzene rings is 1. The van der Waals surface area contributed by atoms with E-state index < -0.39 is 0 Å². The highest BCUT2D eigenvalue weighted by molar-refractivity contribution is 7.20. The van der Waals surface area contributed by atoms with Crippen molar-refractivity contribution in [1.29, 1.82) is 0 Å². The van der Waals surface area contributed by atoms with E-state index in [0.29, 0.717) is 6.54 Å².